The van der Waals surface area contributed by atoms with Crippen LogP contribution in [-0.4, -0.2) is 43.2 Å². The van der Waals surface area contributed by atoms with E-state index in [2.05, 4.69) is 5.32 Å². The number of rotatable bonds is 4. The first kappa shape index (κ1) is 11.2. The van der Waals surface area contributed by atoms with Crippen LogP contribution in [0.4, 0.5) is 4.39 Å². The molecule has 0 spiro atoms. The van der Waals surface area contributed by atoms with E-state index in [9.17, 15) is 9.18 Å². The molecule has 1 aliphatic heterocycles. The minimum absolute atomic E-state index is 0.0801. The fraction of sp³-hybridized carbons (Fsp3) is 0.700. The maximum Gasteiger partial charge on any atom is 0.243 e. The van der Waals surface area contributed by atoms with Gasteiger partial charge in [-0.3, -0.25) is 9.69 Å². The van der Waals surface area contributed by atoms with Crippen molar-refractivity contribution in [1.82, 2.24) is 10.2 Å². The topological polar surface area (TPSA) is 32.3 Å². The third kappa shape index (κ3) is 3.87. The SMILES string of the molecule is CCNC(=O)/C=C/CN1CCC(F)C1. The highest BCUT2D eigenvalue weighted by atomic mass is 19.1. The molecule has 0 aromatic carbocycles. The number of likely N-dealkylation sites (tertiary alicyclic amines) is 1. The maximum absolute atomic E-state index is 12.7. The molecule has 0 aromatic rings. The summed E-state index contributed by atoms with van der Waals surface area (Å²) in [6.07, 6.45) is 3.22. The van der Waals surface area contributed by atoms with Gasteiger partial charge in [0.2, 0.25) is 5.91 Å². The van der Waals surface area contributed by atoms with Crippen LogP contribution < -0.4 is 5.32 Å². The van der Waals surface area contributed by atoms with Crippen LogP contribution in [0.1, 0.15) is 13.3 Å². The third-order valence-corrected chi connectivity index (χ3v) is 2.20. The van der Waals surface area contributed by atoms with E-state index >= 15 is 0 Å². The number of amides is 1. The first-order valence-electron chi connectivity index (χ1n) is 5.03. The lowest BCUT2D eigenvalue weighted by molar-refractivity contribution is -0.116. The van der Waals surface area contributed by atoms with Crippen LogP contribution in [0.25, 0.3) is 0 Å². The van der Waals surface area contributed by atoms with Crippen LogP contribution in [0.5, 0.6) is 0 Å². The summed E-state index contributed by atoms with van der Waals surface area (Å²) in [5, 5.41) is 2.66. The van der Waals surface area contributed by atoms with Crippen molar-refractivity contribution in [2.24, 2.45) is 0 Å². The Kier molecular flexibility index (Phi) is 4.59. The van der Waals surface area contributed by atoms with Gasteiger partial charge in [0.25, 0.3) is 0 Å². The number of carbonyl (C=O) groups is 1. The number of carbonyl (C=O) groups excluding carboxylic acids is 1. The van der Waals surface area contributed by atoms with E-state index < -0.39 is 6.17 Å². The molecule has 0 aliphatic carbocycles. The average Bonchev–Trinajstić information content (AvgIpc) is 2.52. The van der Waals surface area contributed by atoms with Crippen LogP contribution in [0.2, 0.25) is 0 Å². The monoisotopic (exact) mass is 200 g/mol. The summed E-state index contributed by atoms with van der Waals surface area (Å²) >= 11 is 0. The summed E-state index contributed by atoms with van der Waals surface area (Å²) in [7, 11) is 0. The van der Waals surface area contributed by atoms with Crippen LogP contribution in [0, 0.1) is 0 Å². The van der Waals surface area contributed by atoms with Crippen LogP contribution in [-0.2, 0) is 4.79 Å². The molecule has 1 rings (SSSR count). The molecular weight excluding hydrogens is 183 g/mol. The Hall–Kier alpha value is -0.900. The van der Waals surface area contributed by atoms with Gasteiger partial charge in [0.05, 0.1) is 0 Å². The Balaban J connectivity index is 2.16. The molecule has 1 amide bonds. The fourth-order valence-electron chi connectivity index (χ4n) is 1.49. The Morgan fingerprint density at radius 1 is 1.71 bits per heavy atom. The van der Waals surface area contributed by atoms with Gasteiger partial charge >= 0.3 is 0 Å². The van der Waals surface area contributed by atoms with Gasteiger partial charge in [0, 0.05) is 32.3 Å². The molecule has 1 fully saturated rings. The lowest BCUT2D eigenvalue weighted by Gasteiger charge is -2.10. The molecule has 3 nitrogen and oxygen atoms in total. The van der Waals surface area contributed by atoms with Gasteiger partial charge in [-0.15, -0.1) is 0 Å². The zero-order chi connectivity index (χ0) is 10.4. The second-order valence-corrected chi connectivity index (χ2v) is 3.44. The van der Waals surface area contributed by atoms with Crippen molar-refractivity contribution in [1.29, 1.82) is 0 Å². The molecule has 1 atom stereocenters. The molecule has 14 heavy (non-hydrogen) atoms. The van der Waals surface area contributed by atoms with Gasteiger partial charge in [-0.25, -0.2) is 4.39 Å². The number of halogens is 1. The van der Waals surface area contributed by atoms with Gasteiger partial charge in [0.1, 0.15) is 6.17 Å². The zero-order valence-corrected chi connectivity index (χ0v) is 8.50. The van der Waals surface area contributed by atoms with Gasteiger partial charge < -0.3 is 5.32 Å². The third-order valence-electron chi connectivity index (χ3n) is 2.20. The Labute approximate surface area is 84.0 Å². The highest BCUT2D eigenvalue weighted by Crippen LogP contribution is 2.11. The molecule has 80 valence electrons. The first-order chi connectivity index (χ1) is 6.72. The lowest BCUT2D eigenvalue weighted by Crippen LogP contribution is -2.23. The Morgan fingerprint density at radius 3 is 3.07 bits per heavy atom. The molecular formula is C10H17FN2O. The normalized spacial score (nSPS) is 23.1. The standard InChI is InChI=1S/C10H17FN2O/c1-2-12-10(14)4-3-6-13-7-5-9(11)8-13/h3-4,9H,2,5-8H2,1H3,(H,12,14)/b4-3+. The van der Waals surface area contributed by atoms with Crippen molar-refractivity contribution >= 4 is 5.91 Å². The second-order valence-electron chi connectivity index (χ2n) is 3.44. The summed E-state index contributed by atoms with van der Waals surface area (Å²) in [6, 6.07) is 0. The minimum atomic E-state index is -0.687. The molecule has 1 unspecified atom stereocenters. The van der Waals surface area contributed by atoms with Crippen LogP contribution >= 0.6 is 0 Å². The average molecular weight is 200 g/mol. The van der Waals surface area contributed by atoms with E-state index in [0.717, 1.165) is 6.54 Å². The summed E-state index contributed by atoms with van der Waals surface area (Å²) in [5.41, 5.74) is 0. The summed E-state index contributed by atoms with van der Waals surface area (Å²) in [6.45, 7) is 4.47. The van der Waals surface area contributed by atoms with E-state index in [1.165, 1.54) is 6.08 Å². The van der Waals surface area contributed by atoms with E-state index in [1.807, 2.05) is 11.8 Å². The Bertz CT molecular complexity index is 218. The van der Waals surface area contributed by atoms with Gasteiger partial charge in [-0.2, -0.15) is 0 Å². The van der Waals surface area contributed by atoms with Crippen molar-refractivity contribution < 1.29 is 9.18 Å². The first-order valence-corrected chi connectivity index (χ1v) is 5.03. The van der Waals surface area contributed by atoms with Crippen molar-refractivity contribution in [3.05, 3.63) is 12.2 Å². The highest BCUT2D eigenvalue weighted by Gasteiger charge is 2.19. The van der Waals surface area contributed by atoms with E-state index in [1.54, 1.807) is 6.08 Å². The van der Waals surface area contributed by atoms with Crippen molar-refractivity contribution in [3.63, 3.8) is 0 Å². The lowest BCUT2D eigenvalue weighted by atomic mass is 10.3. The molecule has 0 bridgehead atoms. The van der Waals surface area contributed by atoms with E-state index in [4.69, 9.17) is 0 Å². The molecule has 0 saturated carbocycles. The molecule has 1 saturated heterocycles. The van der Waals surface area contributed by atoms with Crippen molar-refractivity contribution in [3.8, 4) is 0 Å². The molecule has 4 heteroatoms. The van der Waals surface area contributed by atoms with Gasteiger partial charge in [-0.05, 0) is 13.3 Å². The quantitative estimate of drug-likeness (QED) is 0.678. The van der Waals surface area contributed by atoms with E-state index in [0.29, 0.717) is 26.1 Å². The Morgan fingerprint density at radius 2 is 2.50 bits per heavy atom. The molecule has 0 aromatic heterocycles. The van der Waals surface area contributed by atoms with Crippen molar-refractivity contribution in [2.75, 3.05) is 26.2 Å². The number of nitrogens with one attached hydrogen (secondary N) is 1. The van der Waals surface area contributed by atoms with Crippen LogP contribution in [0.3, 0.4) is 0 Å². The number of alkyl halides is 1. The largest absolute Gasteiger partial charge is 0.353 e. The predicted octanol–water partition coefficient (Wildman–Crippen LogP) is 0.723. The maximum atomic E-state index is 12.7. The number of hydrogen-bond acceptors (Lipinski definition) is 2. The second kappa shape index (κ2) is 5.75. The molecule has 1 aliphatic rings. The number of hydrogen-bond donors (Lipinski definition) is 1. The van der Waals surface area contributed by atoms with E-state index in [-0.39, 0.29) is 5.91 Å². The number of nitrogens with zero attached hydrogens (tertiary/aromatic N) is 1. The molecule has 1 heterocycles. The summed E-state index contributed by atoms with van der Waals surface area (Å²) in [4.78, 5) is 13.0. The molecule has 1 N–H and O–H groups in total. The number of likely N-dealkylation sites (N-methyl/N-ethyl adjacent to an activating group) is 1. The minimum Gasteiger partial charge on any atom is -0.353 e. The van der Waals surface area contributed by atoms with Gasteiger partial charge in [0.15, 0.2) is 0 Å². The van der Waals surface area contributed by atoms with Gasteiger partial charge in [-0.1, -0.05) is 6.08 Å². The summed E-state index contributed by atoms with van der Waals surface area (Å²) in [5.74, 6) is -0.0801. The zero-order valence-electron chi connectivity index (χ0n) is 8.50. The van der Waals surface area contributed by atoms with Crippen LogP contribution in [0.15, 0.2) is 12.2 Å². The predicted molar refractivity (Wildman–Crippen MR) is 53.8 cm³/mol. The summed E-state index contributed by atoms with van der Waals surface area (Å²) < 4.78 is 12.7. The van der Waals surface area contributed by atoms with Crippen molar-refractivity contribution in [2.45, 2.75) is 19.5 Å². The fourth-order valence-corrected chi connectivity index (χ4v) is 1.49. The smallest absolute Gasteiger partial charge is 0.243 e. The highest BCUT2D eigenvalue weighted by molar-refractivity contribution is 5.87. The molecule has 0 radical (unpaired) electrons.